The molecule has 1 amide bonds. The van der Waals surface area contributed by atoms with Gasteiger partial charge in [-0.2, -0.15) is 5.10 Å². The molecule has 7 nitrogen and oxygen atoms in total. The van der Waals surface area contributed by atoms with Crippen LogP contribution in [0.3, 0.4) is 0 Å². The Kier molecular flexibility index (Phi) is 7.11. The lowest BCUT2D eigenvalue weighted by Gasteiger charge is -2.12. The molecule has 0 fully saturated rings. The van der Waals surface area contributed by atoms with E-state index in [1.165, 1.54) is 0 Å². The summed E-state index contributed by atoms with van der Waals surface area (Å²) in [7, 11) is 0. The van der Waals surface area contributed by atoms with Gasteiger partial charge in [-0.15, -0.1) is 0 Å². The maximum Gasteiger partial charge on any atom is 0.252 e. The fourth-order valence-electron chi connectivity index (χ4n) is 2.69. The van der Waals surface area contributed by atoms with Crippen LogP contribution in [0.1, 0.15) is 31.1 Å². The van der Waals surface area contributed by atoms with E-state index in [1.807, 2.05) is 28.9 Å². The lowest BCUT2D eigenvalue weighted by Crippen LogP contribution is -2.28. The maximum atomic E-state index is 12.4. The predicted molar refractivity (Wildman–Crippen MR) is 122 cm³/mol. The summed E-state index contributed by atoms with van der Waals surface area (Å²) in [6.45, 7) is 7.23. The number of thioether (sulfide) groups is 1. The second-order valence-electron chi connectivity index (χ2n) is 6.43. The molecule has 28 heavy (non-hydrogen) atoms. The van der Waals surface area contributed by atoms with Gasteiger partial charge < -0.3 is 10.6 Å². The number of amides is 1. The van der Waals surface area contributed by atoms with E-state index in [-0.39, 0.29) is 11.9 Å². The normalized spacial score (nSPS) is 11.2. The molecular formula is C19H23IN6OS. The summed E-state index contributed by atoms with van der Waals surface area (Å²) in [5, 5.41) is 12.4. The number of aromatic nitrogens is 4. The minimum Gasteiger partial charge on any atom is -0.367 e. The average Bonchev–Trinajstić information content (AvgIpc) is 3.05. The number of hydrogen-bond donors (Lipinski definition) is 2. The number of benzene rings is 1. The van der Waals surface area contributed by atoms with Crippen molar-refractivity contribution < 1.29 is 4.79 Å². The van der Waals surface area contributed by atoms with E-state index < -0.39 is 0 Å². The Bertz CT molecular complexity index is 974. The minimum absolute atomic E-state index is 0.0829. The van der Waals surface area contributed by atoms with Crippen LogP contribution in [0.15, 0.2) is 35.6 Å². The molecule has 0 radical (unpaired) electrons. The molecule has 0 saturated heterocycles. The van der Waals surface area contributed by atoms with Crippen molar-refractivity contribution in [1.29, 1.82) is 0 Å². The Balaban J connectivity index is 1.77. The van der Waals surface area contributed by atoms with Crippen LogP contribution in [0.25, 0.3) is 11.0 Å². The average molecular weight is 510 g/mol. The molecule has 2 aromatic heterocycles. The minimum atomic E-state index is -0.0829. The van der Waals surface area contributed by atoms with Gasteiger partial charge in [0.15, 0.2) is 10.8 Å². The van der Waals surface area contributed by atoms with Crippen LogP contribution < -0.4 is 10.6 Å². The summed E-state index contributed by atoms with van der Waals surface area (Å²) < 4.78 is 2.75. The number of carbonyl (C=O) groups excluding carboxylic acids is 1. The zero-order chi connectivity index (χ0) is 20.1. The van der Waals surface area contributed by atoms with Gasteiger partial charge in [-0.05, 0) is 54.3 Å². The summed E-state index contributed by atoms with van der Waals surface area (Å²) >= 11 is 3.77. The molecule has 0 aliphatic rings. The molecular weight excluding hydrogens is 487 g/mol. The van der Waals surface area contributed by atoms with Crippen molar-refractivity contribution in [2.24, 2.45) is 0 Å². The van der Waals surface area contributed by atoms with Crippen LogP contribution in [0.4, 0.5) is 5.82 Å². The van der Waals surface area contributed by atoms with E-state index in [9.17, 15) is 4.79 Å². The van der Waals surface area contributed by atoms with Crippen LogP contribution in [0.5, 0.6) is 0 Å². The van der Waals surface area contributed by atoms with Crippen molar-refractivity contribution in [3.05, 3.63) is 39.6 Å². The highest BCUT2D eigenvalue weighted by Crippen LogP contribution is 2.24. The van der Waals surface area contributed by atoms with Crippen LogP contribution in [-0.2, 0) is 6.54 Å². The summed E-state index contributed by atoms with van der Waals surface area (Å²) in [5.41, 5.74) is 1.46. The van der Waals surface area contributed by atoms with Crippen LogP contribution in [-0.4, -0.2) is 44.0 Å². The Morgan fingerprint density at radius 1 is 1.29 bits per heavy atom. The van der Waals surface area contributed by atoms with E-state index in [0.29, 0.717) is 18.7 Å². The second kappa shape index (κ2) is 9.55. The Morgan fingerprint density at radius 2 is 2.07 bits per heavy atom. The van der Waals surface area contributed by atoms with Gasteiger partial charge in [0, 0.05) is 16.2 Å². The summed E-state index contributed by atoms with van der Waals surface area (Å²) in [6, 6.07) is 7.79. The second-order valence-corrected chi connectivity index (χ2v) is 8.82. The molecule has 0 spiro atoms. The summed E-state index contributed by atoms with van der Waals surface area (Å²) in [4.78, 5) is 21.7. The summed E-state index contributed by atoms with van der Waals surface area (Å²) in [5.74, 6) is 1.61. The Hall–Kier alpha value is -1.88. The molecule has 0 aliphatic heterocycles. The van der Waals surface area contributed by atoms with Crippen molar-refractivity contribution in [3.8, 4) is 0 Å². The number of nitrogens with zero attached hydrogens (tertiary/aromatic N) is 4. The topological polar surface area (TPSA) is 84.7 Å². The molecule has 3 aromatic rings. The van der Waals surface area contributed by atoms with Gasteiger partial charge in [-0.1, -0.05) is 30.8 Å². The monoisotopic (exact) mass is 510 g/mol. The standard InChI is InChI=1S/C19H23IN6OS/c1-4-28-19-24-16(23-12(2)3)14-11-22-26(17(14)25-19)10-9-21-18(27)13-7-5-6-8-15(13)20/h5-8,11-12H,4,9-10H2,1-3H3,(H,21,27)(H,23,24,25). The van der Waals surface area contributed by atoms with Gasteiger partial charge in [0.2, 0.25) is 0 Å². The quantitative estimate of drug-likeness (QED) is 0.273. The largest absolute Gasteiger partial charge is 0.367 e. The Labute approximate surface area is 182 Å². The van der Waals surface area contributed by atoms with Crippen molar-refractivity contribution in [3.63, 3.8) is 0 Å². The first-order chi connectivity index (χ1) is 13.5. The van der Waals surface area contributed by atoms with Gasteiger partial charge in [0.1, 0.15) is 5.82 Å². The fraction of sp³-hybridized carbons (Fsp3) is 0.368. The first-order valence-electron chi connectivity index (χ1n) is 9.15. The first kappa shape index (κ1) is 20.8. The van der Waals surface area contributed by atoms with E-state index in [4.69, 9.17) is 0 Å². The van der Waals surface area contributed by atoms with E-state index >= 15 is 0 Å². The molecule has 2 heterocycles. The molecule has 3 rings (SSSR count). The van der Waals surface area contributed by atoms with Crippen LogP contribution >= 0.6 is 34.4 Å². The molecule has 0 bridgehead atoms. The molecule has 0 unspecified atom stereocenters. The lowest BCUT2D eigenvalue weighted by molar-refractivity contribution is 0.0951. The lowest BCUT2D eigenvalue weighted by atomic mass is 10.2. The maximum absolute atomic E-state index is 12.4. The highest BCUT2D eigenvalue weighted by Gasteiger charge is 2.14. The van der Waals surface area contributed by atoms with Crippen molar-refractivity contribution in [2.75, 3.05) is 17.6 Å². The van der Waals surface area contributed by atoms with Gasteiger partial charge in [-0.3, -0.25) is 4.79 Å². The number of fused-ring (bicyclic) bond motifs is 1. The molecule has 0 atom stereocenters. The highest BCUT2D eigenvalue weighted by atomic mass is 127. The highest BCUT2D eigenvalue weighted by molar-refractivity contribution is 14.1. The van der Waals surface area contributed by atoms with Crippen molar-refractivity contribution in [1.82, 2.24) is 25.1 Å². The number of hydrogen-bond acceptors (Lipinski definition) is 6. The molecule has 148 valence electrons. The van der Waals surface area contributed by atoms with Crippen LogP contribution in [0.2, 0.25) is 0 Å². The molecule has 0 aliphatic carbocycles. The van der Waals surface area contributed by atoms with Crippen molar-refractivity contribution in [2.45, 2.75) is 38.5 Å². The SMILES string of the molecule is CCSc1nc(NC(C)C)c2cnn(CCNC(=O)c3ccccc3I)c2n1. The van der Waals surface area contributed by atoms with E-state index in [2.05, 4.69) is 69.1 Å². The number of carbonyl (C=O) groups is 1. The van der Waals surface area contributed by atoms with Crippen LogP contribution in [0, 0.1) is 3.57 Å². The molecule has 1 aromatic carbocycles. The third-order valence-corrected chi connectivity index (χ3v) is 5.57. The van der Waals surface area contributed by atoms with E-state index in [0.717, 1.165) is 31.3 Å². The number of halogens is 1. The first-order valence-corrected chi connectivity index (χ1v) is 11.2. The third kappa shape index (κ3) is 4.93. The van der Waals surface area contributed by atoms with E-state index in [1.54, 1.807) is 18.0 Å². The number of anilines is 1. The summed E-state index contributed by atoms with van der Waals surface area (Å²) in [6.07, 6.45) is 1.78. The third-order valence-electron chi connectivity index (χ3n) is 3.90. The predicted octanol–water partition coefficient (Wildman–Crippen LogP) is 3.79. The zero-order valence-corrected chi connectivity index (χ0v) is 19.0. The van der Waals surface area contributed by atoms with Gasteiger partial charge >= 0.3 is 0 Å². The molecule has 0 saturated carbocycles. The van der Waals surface area contributed by atoms with Crippen molar-refractivity contribution >= 4 is 57.1 Å². The molecule has 9 heteroatoms. The number of rotatable bonds is 8. The van der Waals surface area contributed by atoms with Gasteiger partial charge in [0.25, 0.3) is 5.91 Å². The Morgan fingerprint density at radius 3 is 2.79 bits per heavy atom. The fourth-order valence-corrected chi connectivity index (χ4v) is 3.89. The smallest absolute Gasteiger partial charge is 0.252 e. The number of nitrogens with one attached hydrogen (secondary N) is 2. The zero-order valence-electron chi connectivity index (χ0n) is 16.1. The van der Waals surface area contributed by atoms with Gasteiger partial charge in [-0.25, -0.2) is 14.6 Å². The molecule has 2 N–H and O–H groups in total. The van der Waals surface area contributed by atoms with Gasteiger partial charge in [0.05, 0.1) is 23.7 Å².